The molecule has 0 bridgehead atoms. The van der Waals surface area contributed by atoms with E-state index in [4.69, 9.17) is 4.74 Å². The molecule has 1 aliphatic rings. The van der Waals surface area contributed by atoms with Gasteiger partial charge in [-0.05, 0) is 30.7 Å². The van der Waals surface area contributed by atoms with Crippen LogP contribution in [0.1, 0.15) is 24.5 Å². The van der Waals surface area contributed by atoms with Gasteiger partial charge in [-0.1, -0.05) is 19.1 Å². The molecule has 0 aliphatic carbocycles. The number of hydrogen-bond acceptors (Lipinski definition) is 3. The lowest BCUT2D eigenvalue weighted by atomic mass is 9.98. The first-order valence-electron chi connectivity index (χ1n) is 6.62. The summed E-state index contributed by atoms with van der Waals surface area (Å²) in [6, 6.07) is 6.28. The fourth-order valence-electron chi connectivity index (χ4n) is 2.33. The van der Waals surface area contributed by atoms with Crippen LogP contribution in [0.15, 0.2) is 18.2 Å². The van der Waals surface area contributed by atoms with Gasteiger partial charge >= 0.3 is 0 Å². The molecule has 1 aromatic carbocycles. The summed E-state index contributed by atoms with van der Waals surface area (Å²) in [5, 5.41) is 3.04. The minimum absolute atomic E-state index is 0.104. The molecule has 1 aliphatic heterocycles. The normalized spacial score (nSPS) is 15.0. The van der Waals surface area contributed by atoms with Crippen LogP contribution < -0.4 is 10.1 Å². The molecule has 0 spiro atoms. The van der Waals surface area contributed by atoms with E-state index in [0.29, 0.717) is 12.2 Å². The number of carbonyl (C=O) groups excluding carboxylic acids is 1. The van der Waals surface area contributed by atoms with Crippen molar-refractivity contribution in [2.75, 3.05) is 20.2 Å². The van der Waals surface area contributed by atoms with Crippen molar-refractivity contribution >= 4 is 5.78 Å². The zero-order valence-electron chi connectivity index (χ0n) is 11.2. The van der Waals surface area contributed by atoms with Gasteiger partial charge in [0, 0.05) is 25.3 Å². The van der Waals surface area contributed by atoms with Gasteiger partial charge in [-0.15, -0.1) is 0 Å². The molecule has 18 heavy (non-hydrogen) atoms. The monoisotopic (exact) mass is 247 g/mol. The third kappa shape index (κ3) is 3.10. The highest BCUT2D eigenvalue weighted by Crippen LogP contribution is 2.26. The number of Topliss-reactive ketones (excluding diaryl/α,β-unsaturated/α-hetero) is 1. The van der Waals surface area contributed by atoms with Crippen LogP contribution in [0.2, 0.25) is 0 Å². The topological polar surface area (TPSA) is 38.3 Å². The van der Waals surface area contributed by atoms with E-state index in [2.05, 4.69) is 17.4 Å². The molecule has 3 heteroatoms. The van der Waals surface area contributed by atoms with Crippen molar-refractivity contribution < 1.29 is 9.53 Å². The molecule has 0 saturated heterocycles. The molecule has 0 amide bonds. The number of fused-ring (bicyclic) bond motifs is 1. The Morgan fingerprint density at radius 2 is 2.33 bits per heavy atom. The van der Waals surface area contributed by atoms with Gasteiger partial charge in [0.25, 0.3) is 0 Å². The fraction of sp³-hybridized carbons (Fsp3) is 0.533. The van der Waals surface area contributed by atoms with Gasteiger partial charge in [-0.2, -0.15) is 0 Å². The van der Waals surface area contributed by atoms with Gasteiger partial charge in [0.1, 0.15) is 11.5 Å². The van der Waals surface area contributed by atoms with E-state index < -0.39 is 0 Å². The van der Waals surface area contributed by atoms with E-state index in [1.807, 2.05) is 20.0 Å². The summed E-state index contributed by atoms with van der Waals surface area (Å²) in [6.07, 6.45) is 2.45. The first-order valence-corrected chi connectivity index (χ1v) is 6.62. The van der Waals surface area contributed by atoms with E-state index in [1.54, 1.807) is 0 Å². The molecule has 1 atom stereocenters. The smallest absolute Gasteiger partial charge is 0.137 e. The summed E-state index contributed by atoms with van der Waals surface area (Å²) in [4.78, 5) is 11.9. The Kier molecular flexibility index (Phi) is 4.37. The number of carbonyl (C=O) groups is 1. The summed E-state index contributed by atoms with van der Waals surface area (Å²) in [7, 11) is 1.88. The Morgan fingerprint density at radius 1 is 1.50 bits per heavy atom. The molecule has 0 fully saturated rings. The van der Waals surface area contributed by atoms with E-state index in [0.717, 1.165) is 31.7 Å². The Morgan fingerprint density at radius 3 is 3.11 bits per heavy atom. The van der Waals surface area contributed by atoms with Gasteiger partial charge in [-0.25, -0.2) is 0 Å². The quantitative estimate of drug-likeness (QED) is 0.835. The summed E-state index contributed by atoms with van der Waals surface area (Å²) in [5.41, 5.74) is 2.52. The predicted octanol–water partition coefficient (Wildman–Crippen LogP) is 1.98. The van der Waals surface area contributed by atoms with E-state index in [-0.39, 0.29) is 5.92 Å². The zero-order valence-corrected chi connectivity index (χ0v) is 11.2. The minimum atomic E-state index is 0.104. The first kappa shape index (κ1) is 13.1. The molecule has 2 rings (SSSR count). The number of ketones is 1. The highest BCUT2D eigenvalue weighted by Gasteiger charge is 2.14. The Balaban J connectivity index is 1.88. The predicted molar refractivity (Wildman–Crippen MR) is 72.1 cm³/mol. The second-order valence-corrected chi connectivity index (χ2v) is 4.97. The van der Waals surface area contributed by atoms with Crippen molar-refractivity contribution in [1.82, 2.24) is 5.32 Å². The second-order valence-electron chi connectivity index (χ2n) is 4.97. The SMILES string of the molecule is CNCC(C)C(=O)CCc1ccc2c(c1)CCO2. The zero-order chi connectivity index (χ0) is 13.0. The van der Waals surface area contributed by atoms with Gasteiger partial charge < -0.3 is 10.1 Å². The lowest BCUT2D eigenvalue weighted by Crippen LogP contribution is -2.23. The minimum Gasteiger partial charge on any atom is -0.493 e. The summed E-state index contributed by atoms with van der Waals surface area (Å²) >= 11 is 0. The fourth-order valence-corrected chi connectivity index (χ4v) is 2.33. The van der Waals surface area contributed by atoms with Gasteiger partial charge in [-0.3, -0.25) is 4.79 Å². The number of ether oxygens (including phenoxy) is 1. The van der Waals surface area contributed by atoms with Crippen LogP contribution >= 0.6 is 0 Å². The summed E-state index contributed by atoms with van der Waals surface area (Å²) < 4.78 is 5.47. The molecule has 1 N–H and O–H groups in total. The lowest BCUT2D eigenvalue weighted by molar-refractivity contribution is -0.122. The number of rotatable bonds is 6. The maximum Gasteiger partial charge on any atom is 0.137 e. The Hall–Kier alpha value is -1.35. The van der Waals surface area contributed by atoms with Crippen molar-refractivity contribution in [3.63, 3.8) is 0 Å². The van der Waals surface area contributed by atoms with Gasteiger partial charge in [0.05, 0.1) is 6.61 Å². The third-order valence-electron chi connectivity index (χ3n) is 3.47. The summed E-state index contributed by atoms with van der Waals surface area (Å²) in [6.45, 7) is 3.53. The Bertz CT molecular complexity index is 429. The maximum atomic E-state index is 11.9. The second kappa shape index (κ2) is 6.01. The van der Waals surface area contributed by atoms with E-state index in [1.165, 1.54) is 11.1 Å². The highest BCUT2D eigenvalue weighted by molar-refractivity contribution is 5.81. The van der Waals surface area contributed by atoms with Crippen LogP contribution in [-0.4, -0.2) is 26.0 Å². The number of hydrogen-bond donors (Lipinski definition) is 1. The van der Waals surface area contributed by atoms with Crippen LogP contribution in [0.25, 0.3) is 0 Å². The van der Waals surface area contributed by atoms with Crippen LogP contribution in [0.5, 0.6) is 5.75 Å². The van der Waals surface area contributed by atoms with Crippen molar-refractivity contribution in [3.8, 4) is 5.75 Å². The van der Waals surface area contributed by atoms with Crippen LogP contribution in [-0.2, 0) is 17.6 Å². The van der Waals surface area contributed by atoms with Crippen LogP contribution in [0.3, 0.4) is 0 Å². The molecular formula is C15H21NO2. The number of benzene rings is 1. The molecule has 98 valence electrons. The largest absolute Gasteiger partial charge is 0.493 e. The number of aryl methyl sites for hydroxylation is 1. The van der Waals surface area contributed by atoms with Gasteiger partial charge in [0.2, 0.25) is 0 Å². The maximum absolute atomic E-state index is 11.9. The lowest BCUT2D eigenvalue weighted by Gasteiger charge is -2.09. The molecule has 3 nitrogen and oxygen atoms in total. The first-order chi connectivity index (χ1) is 8.70. The molecule has 0 radical (unpaired) electrons. The van der Waals surface area contributed by atoms with Crippen molar-refractivity contribution in [3.05, 3.63) is 29.3 Å². The Labute approximate surface area is 109 Å². The molecule has 0 aromatic heterocycles. The van der Waals surface area contributed by atoms with Crippen molar-refractivity contribution in [1.29, 1.82) is 0 Å². The molecule has 0 saturated carbocycles. The molecule has 1 heterocycles. The third-order valence-corrected chi connectivity index (χ3v) is 3.47. The molecular weight excluding hydrogens is 226 g/mol. The average molecular weight is 247 g/mol. The summed E-state index contributed by atoms with van der Waals surface area (Å²) in [5.74, 6) is 1.45. The van der Waals surface area contributed by atoms with Crippen LogP contribution in [0.4, 0.5) is 0 Å². The average Bonchev–Trinajstić information content (AvgIpc) is 2.83. The van der Waals surface area contributed by atoms with E-state index in [9.17, 15) is 4.79 Å². The highest BCUT2D eigenvalue weighted by atomic mass is 16.5. The number of nitrogens with one attached hydrogen (secondary N) is 1. The van der Waals surface area contributed by atoms with Crippen LogP contribution in [0, 0.1) is 5.92 Å². The molecule has 1 unspecified atom stereocenters. The molecule has 1 aromatic rings. The van der Waals surface area contributed by atoms with Crippen molar-refractivity contribution in [2.45, 2.75) is 26.2 Å². The van der Waals surface area contributed by atoms with Crippen molar-refractivity contribution in [2.24, 2.45) is 5.92 Å². The van der Waals surface area contributed by atoms with E-state index >= 15 is 0 Å². The van der Waals surface area contributed by atoms with Gasteiger partial charge in [0.15, 0.2) is 0 Å². The standard InChI is InChI=1S/C15H21NO2/c1-11(10-16-2)14(17)5-3-12-4-6-15-13(9-12)7-8-18-15/h4,6,9,11,16H,3,5,7-8,10H2,1-2H3.